The van der Waals surface area contributed by atoms with Crippen molar-refractivity contribution in [2.45, 2.75) is 103 Å². The predicted molar refractivity (Wildman–Crippen MR) is 172 cm³/mol. The number of rotatable bonds is 27. The van der Waals surface area contributed by atoms with Crippen molar-refractivity contribution in [3.63, 3.8) is 0 Å². The van der Waals surface area contributed by atoms with Crippen LogP contribution in [0.4, 0.5) is 11.8 Å². The van der Waals surface area contributed by atoms with Crippen molar-refractivity contribution < 1.29 is 37.2 Å². The molecule has 6 N–H and O–H groups in total. The van der Waals surface area contributed by atoms with Crippen LogP contribution in [0.25, 0.3) is 11.2 Å². The second-order valence-electron chi connectivity index (χ2n) is 10.7. The highest BCUT2D eigenvalue weighted by Gasteiger charge is 2.34. The lowest BCUT2D eigenvalue weighted by molar-refractivity contribution is 0.0823. The minimum atomic E-state index is -4.79. The number of fused-ring (bicyclic) bond motifs is 1. The Kier molecular flexibility index (Phi) is 19.0. The molecule has 2 heterocycles. The maximum atomic E-state index is 12.2. The number of imidazole rings is 1. The van der Waals surface area contributed by atoms with Crippen molar-refractivity contribution >= 4 is 38.3 Å². The highest BCUT2D eigenvalue weighted by Crippen LogP contribution is 2.59. The molecule has 0 aromatic carbocycles. The molecule has 16 heteroatoms. The third-order valence-electron chi connectivity index (χ3n) is 6.75. The summed E-state index contributed by atoms with van der Waals surface area (Å²) in [5.74, 6) is 0.108. The lowest BCUT2D eigenvalue weighted by Crippen LogP contribution is -2.09. The van der Waals surface area contributed by atoms with Crippen molar-refractivity contribution in [3.8, 4) is 0 Å². The first kappa shape index (κ1) is 38.3. The van der Waals surface area contributed by atoms with E-state index in [2.05, 4.69) is 38.3 Å². The van der Waals surface area contributed by atoms with Gasteiger partial charge in [-0.25, -0.2) is 13.9 Å². The van der Waals surface area contributed by atoms with E-state index in [9.17, 15) is 18.9 Å². The topological polar surface area (TPSA) is 207 Å². The first-order valence-electron chi connectivity index (χ1n) is 15.7. The molecule has 2 unspecified atom stereocenters. The molecule has 0 fully saturated rings. The number of ether oxygens (including phenoxy) is 2. The Balaban J connectivity index is 1.43. The van der Waals surface area contributed by atoms with Gasteiger partial charge >= 0.3 is 15.4 Å². The van der Waals surface area contributed by atoms with Gasteiger partial charge < -0.3 is 35.3 Å². The molecule has 0 bridgehead atoms. The van der Waals surface area contributed by atoms with Crippen LogP contribution in [0.3, 0.4) is 0 Å². The zero-order chi connectivity index (χ0) is 32.1. The van der Waals surface area contributed by atoms with Crippen LogP contribution in [0, 0.1) is 0 Å². The molecule has 0 radical (unpaired) electrons. The summed E-state index contributed by atoms with van der Waals surface area (Å²) in [4.78, 5) is 31.7. The van der Waals surface area contributed by atoms with Crippen LogP contribution in [-0.2, 0) is 34.0 Å². The first-order valence-corrected chi connectivity index (χ1v) is 18.9. The molecular formula is C28H52N6O8P2. The van der Waals surface area contributed by atoms with Gasteiger partial charge in [-0.15, -0.1) is 0 Å². The van der Waals surface area contributed by atoms with Crippen LogP contribution in [0.2, 0.25) is 0 Å². The van der Waals surface area contributed by atoms with E-state index >= 15 is 0 Å². The number of phosphoric acid groups is 1. The van der Waals surface area contributed by atoms with Gasteiger partial charge in [0, 0.05) is 13.2 Å². The molecule has 0 aliphatic carbocycles. The predicted octanol–water partition coefficient (Wildman–Crippen LogP) is 6.34. The average molecular weight is 663 g/mol. The van der Waals surface area contributed by atoms with Crippen molar-refractivity contribution in [2.75, 3.05) is 44.2 Å². The summed E-state index contributed by atoms with van der Waals surface area (Å²) in [6, 6.07) is 0. The van der Waals surface area contributed by atoms with E-state index < -0.39 is 21.8 Å². The SMILES string of the molecule is CCCCCCCC/C=C\CCCCCCCCOCCOP(=O)(O)OP(=O)(O)COCCn1cnc2c(N)nc(N)nc21. The Morgan fingerprint density at radius 3 is 2.14 bits per heavy atom. The summed E-state index contributed by atoms with van der Waals surface area (Å²) in [6.45, 7) is 2.69. The smallest absolute Gasteiger partial charge is 0.382 e. The van der Waals surface area contributed by atoms with Crippen molar-refractivity contribution in [2.24, 2.45) is 0 Å². The van der Waals surface area contributed by atoms with Gasteiger partial charge in [0.2, 0.25) is 5.95 Å². The average Bonchev–Trinajstić information content (AvgIpc) is 3.36. The molecule has 0 aliphatic rings. The van der Waals surface area contributed by atoms with Gasteiger partial charge in [-0.2, -0.15) is 9.97 Å². The van der Waals surface area contributed by atoms with E-state index in [0.717, 1.165) is 25.7 Å². The summed E-state index contributed by atoms with van der Waals surface area (Å²) in [6.07, 6.45) is 22.4. The summed E-state index contributed by atoms with van der Waals surface area (Å²) >= 11 is 0. The molecule has 0 saturated heterocycles. The Hall–Kier alpha value is -1.89. The minimum Gasteiger partial charge on any atom is -0.382 e. The number of allylic oxidation sites excluding steroid dienone is 2. The lowest BCUT2D eigenvalue weighted by atomic mass is 10.1. The van der Waals surface area contributed by atoms with E-state index in [0.29, 0.717) is 17.8 Å². The number of hydrogen-bond acceptors (Lipinski definition) is 11. The van der Waals surface area contributed by atoms with Gasteiger partial charge in [-0.3, -0.25) is 9.09 Å². The lowest BCUT2D eigenvalue weighted by Gasteiger charge is -2.16. The summed E-state index contributed by atoms with van der Waals surface area (Å²) in [5, 5.41) is 0. The fourth-order valence-corrected chi connectivity index (χ4v) is 6.80. The van der Waals surface area contributed by atoms with Crippen LogP contribution >= 0.6 is 15.4 Å². The molecule has 2 aromatic rings. The molecule has 2 aromatic heterocycles. The summed E-state index contributed by atoms with van der Waals surface area (Å²) < 4.78 is 45.6. The standard InChI is InChI=1S/C28H52N6O8P2/c1-2-3-4-5-6-7-8-9-10-11-12-13-14-15-16-17-19-39-21-22-41-44(37,38)42-43(35,36)24-40-20-18-34-23-31-25-26(29)32-28(30)33-27(25)34/h9-10,23H,2-8,11-22,24H2,1H3,(H,35,36)(H,37,38)(H4,29,30,32,33)/b10-9-. The van der Waals surface area contributed by atoms with Crippen LogP contribution in [-0.4, -0.2) is 62.1 Å². The van der Waals surface area contributed by atoms with Gasteiger partial charge in [0.25, 0.3) is 0 Å². The molecule has 2 rings (SSSR count). The van der Waals surface area contributed by atoms with Crippen LogP contribution in [0.5, 0.6) is 0 Å². The van der Waals surface area contributed by atoms with Crippen molar-refractivity contribution in [1.82, 2.24) is 19.5 Å². The fraction of sp³-hybridized carbons (Fsp3) is 0.750. The van der Waals surface area contributed by atoms with E-state index in [1.807, 2.05) is 0 Å². The van der Waals surface area contributed by atoms with Crippen LogP contribution < -0.4 is 11.5 Å². The van der Waals surface area contributed by atoms with E-state index in [-0.39, 0.29) is 38.1 Å². The Bertz CT molecular complexity index is 1200. The minimum absolute atomic E-state index is 0.0200. The van der Waals surface area contributed by atoms with E-state index in [4.69, 9.17) is 25.5 Å². The number of nitrogens with two attached hydrogens (primary N) is 2. The largest absolute Gasteiger partial charge is 0.479 e. The third kappa shape index (κ3) is 17.0. The molecule has 2 atom stereocenters. The highest BCUT2D eigenvalue weighted by atomic mass is 31.3. The van der Waals surface area contributed by atoms with Gasteiger partial charge in [0.05, 0.1) is 26.1 Å². The van der Waals surface area contributed by atoms with E-state index in [1.54, 1.807) is 4.57 Å². The Morgan fingerprint density at radius 2 is 1.45 bits per heavy atom. The molecular weight excluding hydrogens is 610 g/mol. The number of hydrogen-bond donors (Lipinski definition) is 4. The molecule has 0 saturated carbocycles. The monoisotopic (exact) mass is 662 g/mol. The second kappa shape index (κ2) is 21.8. The third-order valence-corrected chi connectivity index (χ3v) is 9.62. The number of anilines is 2. The van der Waals surface area contributed by atoms with E-state index in [1.165, 1.54) is 70.5 Å². The van der Waals surface area contributed by atoms with Crippen LogP contribution in [0.1, 0.15) is 96.8 Å². The maximum absolute atomic E-state index is 12.2. The van der Waals surface area contributed by atoms with Crippen molar-refractivity contribution in [1.29, 1.82) is 0 Å². The number of nitrogens with zero attached hydrogens (tertiary/aromatic N) is 4. The zero-order valence-electron chi connectivity index (χ0n) is 26.1. The van der Waals surface area contributed by atoms with Crippen molar-refractivity contribution in [3.05, 3.63) is 18.5 Å². The Labute approximate surface area is 261 Å². The van der Waals surface area contributed by atoms with Crippen LogP contribution in [0.15, 0.2) is 18.5 Å². The highest BCUT2D eigenvalue weighted by molar-refractivity contribution is 7.63. The normalized spacial score (nSPS) is 14.8. The molecule has 0 amide bonds. The summed E-state index contributed by atoms with van der Waals surface area (Å²) in [7, 11) is -9.36. The molecule has 14 nitrogen and oxygen atoms in total. The fourth-order valence-electron chi connectivity index (χ4n) is 4.46. The first-order chi connectivity index (χ1) is 21.1. The molecule has 0 aliphatic heterocycles. The van der Waals surface area contributed by atoms with Gasteiger partial charge in [0.1, 0.15) is 11.9 Å². The maximum Gasteiger partial charge on any atom is 0.479 e. The quantitative estimate of drug-likeness (QED) is 0.0468. The number of unbranched alkanes of at least 4 members (excludes halogenated alkanes) is 12. The second-order valence-corrected chi connectivity index (χ2v) is 14.1. The number of nitrogen functional groups attached to an aromatic ring is 2. The Morgan fingerprint density at radius 1 is 0.818 bits per heavy atom. The zero-order valence-corrected chi connectivity index (χ0v) is 27.8. The molecule has 44 heavy (non-hydrogen) atoms. The number of phosphoric ester groups is 1. The van der Waals surface area contributed by atoms with Gasteiger partial charge in [-0.1, -0.05) is 76.9 Å². The summed E-state index contributed by atoms with van der Waals surface area (Å²) in [5.41, 5.74) is 12.1. The molecule has 0 spiro atoms. The van der Waals surface area contributed by atoms with Gasteiger partial charge in [-0.05, 0) is 32.1 Å². The number of aromatic nitrogens is 4. The van der Waals surface area contributed by atoms with Gasteiger partial charge in [0.15, 0.2) is 11.5 Å². The molecule has 252 valence electrons.